The van der Waals surface area contributed by atoms with Crippen LogP contribution in [0, 0.1) is 5.92 Å². The van der Waals surface area contributed by atoms with Gasteiger partial charge in [-0.15, -0.1) is 0 Å². The molecule has 19 heavy (non-hydrogen) atoms. The number of aromatic nitrogens is 2. The zero-order valence-corrected chi connectivity index (χ0v) is 12.6. The molecule has 0 aliphatic heterocycles. The molecular weight excluding hydrogens is 242 g/mol. The third kappa shape index (κ3) is 3.72. The van der Waals surface area contributed by atoms with Crippen LogP contribution < -0.4 is 5.56 Å². The minimum atomic E-state index is -0.257. The predicted octanol–water partition coefficient (Wildman–Crippen LogP) is 2.64. The van der Waals surface area contributed by atoms with Crippen molar-refractivity contribution in [3.8, 4) is 0 Å². The molecule has 1 heterocycles. The van der Waals surface area contributed by atoms with Gasteiger partial charge in [-0.2, -0.15) is 4.68 Å². The molecule has 0 unspecified atom stereocenters. The van der Waals surface area contributed by atoms with Crippen molar-refractivity contribution in [2.45, 2.75) is 47.0 Å². The van der Waals surface area contributed by atoms with Gasteiger partial charge in [-0.05, 0) is 18.3 Å². The standard InChI is InChI=1S/C14H25N3O2/c1-6-7-16(9-10(2)3)14(19)17-13(18)12(8-15-17)11(4)5/h8,10-11,15H,6-7,9H2,1-5H3. The lowest BCUT2D eigenvalue weighted by molar-refractivity contribution is 0.188. The Labute approximate surface area is 114 Å². The van der Waals surface area contributed by atoms with Crippen LogP contribution in [0.4, 0.5) is 4.79 Å². The molecule has 0 saturated heterocycles. The third-order valence-electron chi connectivity index (χ3n) is 2.96. The number of aromatic amines is 1. The van der Waals surface area contributed by atoms with Gasteiger partial charge in [0.05, 0.1) is 0 Å². The molecule has 0 bridgehead atoms. The first kappa shape index (κ1) is 15.5. The van der Waals surface area contributed by atoms with Crippen molar-refractivity contribution in [2.24, 2.45) is 5.92 Å². The van der Waals surface area contributed by atoms with E-state index in [1.54, 1.807) is 11.1 Å². The van der Waals surface area contributed by atoms with Crippen LogP contribution in [0.3, 0.4) is 0 Å². The molecule has 0 aliphatic rings. The third-order valence-corrected chi connectivity index (χ3v) is 2.96. The van der Waals surface area contributed by atoms with Crippen LogP contribution in [0.25, 0.3) is 0 Å². The molecule has 1 amide bonds. The number of hydrogen-bond acceptors (Lipinski definition) is 2. The molecule has 0 aromatic carbocycles. The second kappa shape index (κ2) is 6.59. The first-order chi connectivity index (χ1) is 8.88. The number of amides is 1. The molecule has 1 aromatic heterocycles. The lowest BCUT2D eigenvalue weighted by Gasteiger charge is -2.23. The summed E-state index contributed by atoms with van der Waals surface area (Å²) in [7, 11) is 0. The molecule has 5 nitrogen and oxygen atoms in total. The first-order valence-electron chi connectivity index (χ1n) is 6.98. The zero-order valence-electron chi connectivity index (χ0n) is 12.6. The second-order valence-corrected chi connectivity index (χ2v) is 5.65. The van der Waals surface area contributed by atoms with Crippen molar-refractivity contribution in [2.75, 3.05) is 13.1 Å². The quantitative estimate of drug-likeness (QED) is 0.891. The summed E-state index contributed by atoms with van der Waals surface area (Å²) in [4.78, 5) is 26.2. The molecule has 0 atom stereocenters. The van der Waals surface area contributed by atoms with Crippen LogP contribution in [-0.2, 0) is 0 Å². The largest absolute Gasteiger partial charge is 0.346 e. The van der Waals surface area contributed by atoms with Crippen LogP contribution in [0.1, 0.15) is 52.5 Å². The number of hydrogen-bond donors (Lipinski definition) is 1. The van der Waals surface area contributed by atoms with E-state index in [-0.39, 0.29) is 17.5 Å². The predicted molar refractivity (Wildman–Crippen MR) is 76.6 cm³/mol. The fourth-order valence-corrected chi connectivity index (χ4v) is 2.06. The number of rotatable bonds is 5. The molecule has 0 saturated carbocycles. The summed E-state index contributed by atoms with van der Waals surface area (Å²) in [5, 5.41) is 2.78. The molecule has 0 radical (unpaired) electrons. The molecule has 0 aliphatic carbocycles. The normalized spacial score (nSPS) is 11.3. The second-order valence-electron chi connectivity index (χ2n) is 5.65. The van der Waals surface area contributed by atoms with E-state index in [1.165, 1.54) is 0 Å². The first-order valence-corrected chi connectivity index (χ1v) is 6.98. The van der Waals surface area contributed by atoms with Crippen LogP contribution >= 0.6 is 0 Å². The maximum atomic E-state index is 12.4. The van der Waals surface area contributed by atoms with Crippen LogP contribution in [0.2, 0.25) is 0 Å². The Morgan fingerprint density at radius 1 is 1.37 bits per heavy atom. The highest BCUT2D eigenvalue weighted by molar-refractivity contribution is 5.76. The number of nitrogens with zero attached hydrogens (tertiary/aromatic N) is 2. The lowest BCUT2D eigenvalue weighted by Crippen LogP contribution is -2.42. The summed E-state index contributed by atoms with van der Waals surface area (Å²) in [5.41, 5.74) is 0.416. The van der Waals surface area contributed by atoms with Gasteiger partial charge in [0, 0.05) is 24.8 Å². The zero-order chi connectivity index (χ0) is 14.6. The van der Waals surface area contributed by atoms with Crippen molar-refractivity contribution >= 4 is 6.03 Å². The average molecular weight is 267 g/mol. The van der Waals surface area contributed by atoms with E-state index in [2.05, 4.69) is 18.9 Å². The topological polar surface area (TPSA) is 58.1 Å². The fourth-order valence-electron chi connectivity index (χ4n) is 2.06. The van der Waals surface area contributed by atoms with Gasteiger partial charge in [0.15, 0.2) is 0 Å². The Kier molecular flexibility index (Phi) is 5.39. The van der Waals surface area contributed by atoms with Gasteiger partial charge in [-0.25, -0.2) is 4.79 Å². The highest BCUT2D eigenvalue weighted by Crippen LogP contribution is 2.08. The molecule has 0 fully saturated rings. The van der Waals surface area contributed by atoms with E-state index in [0.717, 1.165) is 11.1 Å². The number of nitrogens with one attached hydrogen (secondary N) is 1. The minimum Gasteiger partial charge on any atom is -0.323 e. The van der Waals surface area contributed by atoms with Crippen LogP contribution in [0.5, 0.6) is 0 Å². The van der Waals surface area contributed by atoms with Crippen molar-refractivity contribution in [1.29, 1.82) is 0 Å². The average Bonchev–Trinajstić information content (AvgIpc) is 2.69. The van der Waals surface area contributed by atoms with Gasteiger partial charge in [0.2, 0.25) is 0 Å². The summed E-state index contributed by atoms with van der Waals surface area (Å²) >= 11 is 0. The smallest absolute Gasteiger partial charge is 0.323 e. The van der Waals surface area contributed by atoms with Gasteiger partial charge in [0.1, 0.15) is 0 Å². The van der Waals surface area contributed by atoms with E-state index in [0.29, 0.717) is 24.6 Å². The SMILES string of the molecule is CCCN(CC(C)C)C(=O)n1[nH]cc(C(C)C)c1=O. The van der Waals surface area contributed by atoms with Crippen molar-refractivity contribution in [1.82, 2.24) is 14.7 Å². The highest BCUT2D eigenvalue weighted by Gasteiger charge is 2.20. The van der Waals surface area contributed by atoms with Crippen LogP contribution in [-0.4, -0.2) is 33.8 Å². The number of carbonyl (C=O) groups excluding carboxylic acids is 1. The summed E-state index contributed by atoms with van der Waals surface area (Å²) in [6.07, 6.45) is 2.51. The fraction of sp³-hybridized carbons (Fsp3) is 0.714. The Hall–Kier alpha value is -1.52. The molecule has 108 valence electrons. The van der Waals surface area contributed by atoms with E-state index >= 15 is 0 Å². The monoisotopic (exact) mass is 267 g/mol. The van der Waals surface area contributed by atoms with Gasteiger partial charge in [-0.1, -0.05) is 34.6 Å². The van der Waals surface area contributed by atoms with E-state index < -0.39 is 0 Å². The summed E-state index contributed by atoms with van der Waals surface area (Å²) in [5.74, 6) is 0.494. The van der Waals surface area contributed by atoms with Gasteiger partial charge < -0.3 is 4.90 Å². The van der Waals surface area contributed by atoms with E-state index in [9.17, 15) is 9.59 Å². The summed E-state index contributed by atoms with van der Waals surface area (Å²) < 4.78 is 1.12. The van der Waals surface area contributed by atoms with E-state index in [4.69, 9.17) is 0 Å². The molecule has 0 spiro atoms. The maximum absolute atomic E-state index is 12.4. The number of H-pyrrole nitrogens is 1. The van der Waals surface area contributed by atoms with Gasteiger partial charge >= 0.3 is 6.03 Å². The van der Waals surface area contributed by atoms with E-state index in [1.807, 2.05) is 20.8 Å². The number of carbonyl (C=O) groups is 1. The summed E-state index contributed by atoms with van der Waals surface area (Å²) in [6.45, 7) is 11.4. The lowest BCUT2D eigenvalue weighted by atomic mass is 10.1. The maximum Gasteiger partial charge on any atom is 0.346 e. The van der Waals surface area contributed by atoms with Crippen molar-refractivity contribution in [3.05, 3.63) is 22.1 Å². The Morgan fingerprint density at radius 3 is 2.42 bits per heavy atom. The van der Waals surface area contributed by atoms with Crippen molar-refractivity contribution in [3.63, 3.8) is 0 Å². The Balaban J connectivity index is 3.00. The molecular formula is C14H25N3O2. The molecule has 1 aromatic rings. The van der Waals surface area contributed by atoms with Crippen LogP contribution in [0.15, 0.2) is 11.0 Å². The Bertz CT molecular complexity index is 471. The van der Waals surface area contributed by atoms with Crippen molar-refractivity contribution < 1.29 is 4.79 Å². The van der Waals surface area contributed by atoms with Gasteiger partial charge in [-0.3, -0.25) is 9.89 Å². The highest BCUT2D eigenvalue weighted by atomic mass is 16.2. The van der Waals surface area contributed by atoms with Gasteiger partial charge in [0.25, 0.3) is 5.56 Å². The molecule has 1 N–H and O–H groups in total. The summed E-state index contributed by atoms with van der Waals surface area (Å²) in [6, 6.07) is -0.257. The minimum absolute atomic E-state index is 0.113. The Morgan fingerprint density at radius 2 is 2.00 bits per heavy atom. The molecule has 5 heteroatoms. The molecule has 1 rings (SSSR count).